The van der Waals surface area contributed by atoms with Crippen molar-refractivity contribution in [3.8, 4) is 33.7 Å². The predicted octanol–water partition coefficient (Wildman–Crippen LogP) is 6.84. The molecule has 0 amide bonds. The Balaban J connectivity index is 1.60. The largest absolute Gasteiger partial charge is 0.456 e. The first-order valence-corrected chi connectivity index (χ1v) is 9.66. The molecule has 29 heavy (non-hydrogen) atoms. The summed E-state index contributed by atoms with van der Waals surface area (Å²) in [4.78, 5) is 8.73. The minimum Gasteiger partial charge on any atom is -0.456 e. The summed E-state index contributed by atoms with van der Waals surface area (Å²) < 4.78 is 6.08. The number of aryl methyl sites for hydroxylation is 2. The molecule has 0 aliphatic carbocycles. The molecule has 0 fully saturated rings. The van der Waals surface area contributed by atoms with E-state index in [0.29, 0.717) is 0 Å². The zero-order valence-corrected chi connectivity index (χ0v) is 16.4. The third-order valence-corrected chi connectivity index (χ3v) is 5.30. The van der Waals surface area contributed by atoms with Gasteiger partial charge in [0.25, 0.3) is 0 Å². The van der Waals surface area contributed by atoms with Gasteiger partial charge in [0.05, 0.1) is 5.69 Å². The van der Waals surface area contributed by atoms with Crippen molar-refractivity contribution in [2.75, 3.05) is 0 Å². The highest BCUT2D eigenvalue weighted by molar-refractivity contribution is 5.91. The van der Waals surface area contributed by atoms with E-state index >= 15 is 0 Å². The lowest BCUT2D eigenvalue weighted by atomic mass is 9.95. The van der Waals surface area contributed by atoms with E-state index in [-0.39, 0.29) is 0 Å². The van der Waals surface area contributed by atoms with Crippen LogP contribution in [0.5, 0.6) is 0 Å². The maximum absolute atomic E-state index is 6.08. The first-order chi connectivity index (χ1) is 14.2. The second-order valence-electron chi connectivity index (χ2n) is 7.30. The number of nitrogens with zero attached hydrogens (tertiary/aromatic N) is 2. The maximum atomic E-state index is 6.08. The minimum atomic E-state index is 0.839. The highest BCUT2D eigenvalue weighted by atomic mass is 16.3. The Morgan fingerprint density at radius 2 is 1.62 bits per heavy atom. The van der Waals surface area contributed by atoms with Crippen LogP contribution in [0.25, 0.3) is 44.7 Å². The van der Waals surface area contributed by atoms with E-state index in [9.17, 15) is 0 Å². The van der Waals surface area contributed by atoms with Crippen molar-refractivity contribution in [1.29, 1.82) is 0 Å². The molecule has 0 radical (unpaired) electrons. The van der Waals surface area contributed by atoms with E-state index in [1.54, 1.807) is 6.20 Å². The fourth-order valence-electron chi connectivity index (χ4n) is 3.75. The van der Waals surface area contributed by atoms with Crippen LogP contribution in [0, 0.1) is 13.8 Å². The molecule has 0 aliphatic heterocycles. The zero-order valence-electron chi connectivity index (χ0n) is 16.4. The molecule has 0 N–H and O–H groups in total. The molecule has 3 heterocycles. The van der Waals surface area contributed by atoms with Crippen LogP contribution < -0.4 is 0 Å². The van der Waals surface area contributed by atoms with E-state index in [4.69, 9.17) is 4.42 Å². The van der Waals surface area contributed by atoms with Crippen LogP contribution in [0.2, 0.25) is 0 Å². The molecule has 0 bridgehead atoms. The van der Waals surface area contributed by atoms with E-state index in [2.05, 4.69) is 72.3 Å². The van der Waals surface area contributed by atoms with Crippen molar-refractivity contribution in [3.63, 3.8) is 0 Å². The summed E-state index contributed by atoms with van der Waals surface area (Å²) in [6.07, 6.45) is 5.46. The van der Waals surface area contributed by atoms with Gasteiger partial charge in [0.1, 0.15) is 11.3 Å². The normalized spacial score (nSPS) is 11.1. The van der Waals surface area contributed by atoms with Crippen LogP contribution in [-0.2, 0) is 0 Å². The summed E-state index contributed by atoms with van der Waals surface area (Å²) in [7, 11) is 0. The van der Waals surface area contributed by atoms with Crippen LogP contribution in [0.4, 0.5) is 0 Å². The molecule has 2 aromatic carbocycles. The fraction of sp³-hybridized carbons (Fsp3) is 0.0769. The summed E-state index contributed by atoms with van der Waals surface area (Å²) in [6.45, 7) is 4.24. The van der Waals surface area contributed by atoms with Crippen molar-refractivity contribution < 1.29 is 4.42 Å². The highest BCUT2D eigenvalue weighted by Crippen LogP contribution is 2.35. The summed E-state index contributed by atoms with van der Waals surface area (Å²) in [5, 5.41) is 1.13. The molecular formula is C26H20N2O. The lowest BCUT2D eigenvalue weighted by molar-refractivity contribution is 0.631. The zero-order chi connectivity index (χ0) is 19.8. The van der Waals surface area contributed by atoms with Crippen molar-refractivity contribution in [2.24, 2.45) is 0 Å². The Morgan fingerprint density at radius 3 is 2.45 bits per heavy atom. The third kappa shape index (κ3) is 3.21. The first-order valence-electron chi connectivity index (χ1n) is 9.66. The van der Waals surface area contributed by atoms with Gasteiger partial charge in [-0.15, -0.1) is 0 Å². The number of hydrogen-bond donors (Lipinski definition) is 0. The topological polar surface area (TPSA) is 38.9 Å². The van der Waals surface area contributed by atoms with Gasteiger partial charge >= 0.3 is 0 Å². The molecule has 140 valence electrons. The average Bonchev–Trinajstić information content (AvgIpc) is 3.20. The van der Waals surface area contributed by atoms with E-state index in [1.807, 2.05) is 30.6 Å². The fourth-order valence-corrected chi connectivity index (χ4v) is 3.75. The van der Waals surface area contributed by atoms with Crippen molar-refractivity contribution >= 4 is 11.0 Å². The van der Waals surface area contributed by atoms with Gasteiger partial charge < -0.3 is 4.42 Å². The van der Waals surface area contributed by atoms with Gasteiger partial charge in [-0.3, -0.25) is 9.97 Å². The monoisotopic (exact) mass is 376 g/mol. The van der Waals surface area contributed by atoms with Gasteiger partial charge in [-0.1, -0.05) is 24.3 Å². The van der Waals surface area contributed by atoms with Crippen molar-refractivity contribution in [1.82, 2.24) is 9.97 Å². The number of rotatable bonds is 3. The Labute approximate surface area is 169 Å². The molecule has 0 aliphatic rings. The van der Waals surface area contributed by atoms with Gasteiger partial charge in [-0.05, 0) is 78.6 Å². The van der Waals surface area contributed by atoms with Crippen LogP contribution in [0.15, 0.2) is 89.7 Å². The van der Waals surface area contributed by atoms with Gasteiger partial charge in [0, 0.05) is 35.1 Å². The van der Waals surface area contributed by atoms with Crippen LogP contribution >= 0.6 is 0 Å². The van der Waals surface area contributed by atoms with E-state index in [0.717, 1.165) is 33.6 Å². The molecule has 3 heteroatoms. The number of furan rings is 1. The van der Waals surface area contributed by atoms with Crippen LogP contribution in [0.1, 0.15) is 11.1 Å². The molecule has 0 saturated heterocycles. The average molecular weight is 376 g/mol. The van der Waals surface area contributed by atoms with E-state index in [1.165, 1.54) is 22.3 Å². The lowest BCUT2D eigenvalue weighted by Gasteiger charge is -2.09. The van der Waals surface area contributed by atoms with Gasteiger partial charge in [0.15, 0.2) is 0 Å². The quantitative estimate of drug-likeness (QED) is 0.346. The van der Waals surface area contributed by atoms with Gasteiger partial charge in [-0.2, -0.15) is 0 Å². The number of aromatic nitrogens is 2. The smallest absolute Gasteiger partial charge is 0.136 e. The van der Waals surface area contributed by atoms with Gasteiger partial charge in [0.2, 0.25) is 0 Å². The summed E-state index contributed by atoms with van der Waals surface area (Å²) >= 11 is 0. The highest BCUT2D eigenvalue weighted by Gasteiger charge is 2.12. The Kier molecular flexibility index (Phi) is 4.21. The summed E-state index contributed by atoms with van der Waals surface area (Å²) in [5.74, 6) is 0.839. The van der Waals surface area contributed by atoms with Crippen molar-refractivity contribution in [2.45, 2.75) is 13.8 Å². The number of hydrogen-bond acceptors (Lipinski definition) is 3. The van der Waals surface area contributed by atoms with Crippen molar-refractivity contribution in [3.05, 3.63) is 96.4 Å². The molecule has 0 spiro atoms. The van der Waals surface area contributed by atoms with Gasteiger partial charge in [-0.25, -0.2) is 0 Å². The molecule has 0 unspecified atom stereocenters. The molecule has 5 aromatic rings. The third-order valence-electron chi connectivity index (χ3n) is 5.30. The molecule has 0 saturated carbocycles. The lowest BCUT2D eigenvalue weighted by Crippen LogP contribution is -1.87. The Bertz CT molecular complexity index is 1320. The number of pyridine rings is 2. The second-order valence-corrected chi connectivity index (χ2v) is 7.30. The summed E-state index contributed by atoms with van der Waals surface area (Å²) in [6, 6.07) is 22.9. The van der Waals surface area contributed by atoms with Crippen LogP contribution in [-0.4, -0.2) is 9.97 Å². The van der Waals surface area contributed by atoms with Crippen LogP contribution in [0.3, 0.4) is 0 Å². The molecular weight excluding hydrogens is 356 g/mol. The first kappa shape index (κ1) is 17.4. The number of fused-ring (bicyclic) bond motifs is 1. The molecule has 3 aromatic heterocycles. The Morgan fingerprint density at radius 1 is 0.759 bits per heavy atom. The minimum absolute atomic E-state index is 0.839. The number of benzene rings is 2. The molecule has 0 atom stereocenters. The SMILES string of the molecule is Cc1ccnc(-c2cccc(-c3ccc4oc(-c5cccnc5)cc4c3C)c2)c1. The molecule has 5 rings (SSSR count). The standard InChI is InChI=1S/C26H20N2O/c1-17-10-12-28-24(13-17)20-6-3-5-19(14-20)22-8-9-25-23(18(22)2)15-26(29-25)21-7-4-11-27-16-21/h3-16H,1-2H3. The summed E-state index contributed by atoms with van der Waals surface area (Å²) in [5.41, 5.74) is 8.77. The second kappa shape index (κ2) is 7.02. The molecule has 3 nitrogen and oxygen atoms in total. The maximum Gasteiger partial charge on any atom is 0.136 e. The van der Waals surface area contributed by atoms with E-state index < -0.39 is 0 Å². The Hall–Kier alpha value is -3.72. The predicted molar refractivity (Wildman–Crippen MR) is 118 cm³/mol.